The number of para-hydroxylation sites is 1. The van der Waals surface area contributed by atoms with Crippen molar-refractivity contribution in [2.45, 2.75) is 6.92 Å². The van der Waals surface area contributed by atoms with Gasteiger partial charge >= 0.3 is 0 Å². The molecule has 0 spiro atoms. The van der Waals surface area contributed by atoms with Crippen LogP contribution in [0.3, 0.4) is 0 Å². The van der Waals surface area contributed by atoms with Crippen molar-refractivity contribution < 1.29 is 19.1 Å². The molecule has 0 bridgehead atoms. The van der Waals surface area contributed by atoms with E-state index < -0.39 is 0 Å². The molecule has 0 heterocycles. The molecule has 1 N–H and O–H groups in total. The van der Waals surface area contributed by atoms with Gasteiger partial charge in [-0.3, -0.25) is 9.59 Å². The van der Waals surface area contributed by atoms with Crippen LogP contribution < -0.4 is 19.7 Å². The molecule has 26 heavy (non-hydrogen) atoms. The van der Waals surface area contributed by atoms with Crippen LogP contribution in [0, 0.1) is 0 Å². The monoisotopic (exact) mass is 376 g/mol. The molecule has 0 saturated heterocycles. The smallest absolute Gasteiger partial charge is 0.251 e. The summed E-state index contributed by atoms with van der Waals surface area (Å²) < 4.78 is 10.3. The van der Waals surface area contributed by atoms with Gasteiger partial charge in [0, 0.05) is 31.6 Å². The first kappa shape index (κ1) is 19.6. The van der Waals surface area contributed by atoms with Gasteiger partial charge in [0.15, 0.2) is 0 Å². The zero-order valence-electron chi connectivity index (χ0n) is 14.9. The fourth-order valence-corrected chi connectivity index (χ4v) is 2.68. The van der Waals surface area contributed by atoms with Crippen molar-refractivity contribution >= 4 is 29.1 Å². The van der Waals surface area contributed by atoms with E-state index >= 15 is 0 Å². The van der Waals surface area contributed by atoms with Crippen LogP contribution in [0.5, 0.6) is 11.5 Å². The minimum Gasteiger partial charge on any atom is -0.497 e. The Morgan fingerprint density at radius 2 is 1.69 bits per heavy atom. The molecular weight excluding hydrogens is 356 g/mol. The number of ether oxygens (including phenoxy) is 2. The Kier molecular flexibility index (Phi) is 6.86. The first-order valence-corrected chi connectivity index (χ1v) is 8.38. The van der Waals surface area contributed by atoms with Crippen LogP contribution in [-0.2, 0) is 4.79 Å². The lowest BCUT2D eigenvalue weighted by molar-refractivity contribution is -0.116. The van der Waals surface area contributed by atoms with Crippen LogP contribution in [0.4, 0.5) is 5.69 Å². The zero-order chi connectivity index (χ0) is 19.1. The lowest BCUT2D eigenvalue weighted by atomic mass is 10.2. The summed E-state index contributed by atoms with van der Waals surface area (Å²) in [7, 11) is 3.04. The number of hydrogen-bond acceptors (Lipinski definition) is 4. The van der Waals surface area contributed by atoms with E-state index in [2.05, 4.69) is 5.32 Å². The Morgan fingerprint density at radius 3 is 2.23 bits per heavy atom. The maximum Gasteiger partial charge on any atom is 0.251 e. The van der Waals surface area contributed by atoms with Gasteiger partial charge in [0.05, 0.1) is 24.9 Å². The molecule has 7 heteroatoms. The first-order chi connectivity index (χ1) is 12.5. The highest BCUT2D eigenvalue weighted by Gasteiger charge is 2.15. The van der Waals surface area contributed by atoms with E-state index in [4.69, 9.17) is 21.1 Å². The van der Waals surface area contributed by atoms with Crippen molar-refractivity contribution in [2.75, 3.05) is 32.2 Å². The molecule has 0 aliphatic carbocycles. The first-order valence-electron chi connectivity index (χ1n) is 8.00. The molecular formula is C19H21ClN2O4. The Balaban J connectivity index is 2.05. The van der Waals surface area contributed by atoms with Gasteiger partial charge in [0.25, 0.3) is 5.91 Å². The average Bonchev–Trinajstić information content (AvgIpc) is 2.65. The van der Waals surface area contributed by atoms with Crippen molar-refractivity contribution in [1.29, 1.82) is 0 Å². The molecule has 0 atom stereocenters. The minimum absolute atomic E-state index is 0.157. The fourth-order valence-electron chi connectivity index (χ4n) is 2.44. The number of benzene rings is 2. The standard InChI is InChI=1S/C19H21ClN2O4/c1-13(23)22(18-7-5-4-6-17(18)20)9-8-21-19(24)14-10-15(25-2)12-16(11-14)26-3/h4-7,10-12H,8-9H2,1-3H3,(H,21,24). The van der Waals surface area contributed by atoms with E-state index in [1.807, 2.05) is 0 Å². The molecule has 0 radical (unpaired) electrons. The molecule has 0 aliphatic rings. The van der Waals surface area contributed by atoms with Crippen molar-refractivity contribution in [2.24, 2.45) is 0 Å². The normalized spacial score (nSPS) is 10.2. The summed E-state index contributed by atoms with van der Waals surface area (Å²) in [5, 5.41) is 3.27. The van der Waals surface area contributed by atoms with Crippen LogP contribution >= 0.6 is 11.6 Å². The molecule has 2 amide bonds. The number of rotatable bonds is 7. The third-order valence-electron chi connectivity index (χ3n) is 3.76. The SMILES string of the molecule is COc1cc(OC)cc(C(=O)NCCN(C(C)=O)c2ccccc2Cl)c1. The van der Waals surface area contributed by atoms with Gasteiger partial charge in [0.1, 0.15) is 11.5 Å². The lowest BCUT2D eigenvalue weighted by Crippen LogP contribution is -2.37. The molecule has 6 nitrogen and oxygen atoms in total. The largest absolute Gasteiger partial charge is 0.497 e. The quantitative estimate of drug-likeness (QED) is 0.806. The number of nitrogens with one attached hydrogen (secondary N) is 1. The van der Waals surface area contributed by atoms with Crippen molar-refractivity contribution in [1.82, 2.24) is 5.32 Å². The minimum atomic E-state index is -0.287. The van der Waals surface area contributed by atoms with Gasteiger partial charge < -0.3 is 19.7 Å². The second-order valence-corrected chi connectivity index (χ2v) is 5.89. The van der Waals surface area contributed by atoms with Gasteiger partial charge in [-0.05, 0) is 24.3 Å². The van der Waals surface area contributed by atoms with E-state index in [9.17, 15) is 9.59 Å². The third kappa shape index (κ3) is 4.89. The van der Waals surface area contributed by atoms with E-state index in [0.717, 1.165) is 0 Å². The van der Waals surface area contributed by atoms with Crippen molar-refractivity contribution in [3.63, 3.8) is 0 Å². The maximum absolute atomic E-state index is 12.4. The molecule has 0 fully saturated rings. The Bertz CT molecular complexity index is 773. The predicted octanol–water partition coefficient (Wildman–Crippen LogP) is 3.14. The second kappa shape index (κ2) is 9.10. The van der Waals surface area contributed by atoms with Gasteiger partial charge in [-0.2, -0.15) is 0 Å². The molecule has 2 aromatic rings. The van der Waals surface area contributed by atoms with Crippen LogP contribution in [0.25, 0.3) is 0 Å². The molecule has 0 aliphatic heterocycles. The van der Waals surface area contributed by atoms with E-state index in [0.29, 0.717) is 34.3 Å². The van der Waals surface area contributed by atoms with Gasteiger partial charge in [-0.15, -0.1) is 0 Å². The highest BCUT2D eigenvalue weighted by Crippen LogP contribution is 2.25. The summed E-state index contributed by atoms with van der Waals surface area (Å²) in [5.74, 6) is 0.604. The zero-order valence-corrected chi connectivity index (χ0v) is 15.7. The average molecular weight is 377 g/mol. The van der Waals surface area contributed by atoms with Crippen LogP contribution in [-0.4, -0.2) is 39.1 Å². The number of halogens is 1. The molecule has 0 unspecified atom stereocenters. The number of methoxy groups -OCH3 is 2. The molecule has 2 rings (SSSR count). The Morgan fingerprint density at radius 1 is 1.08 bits per heavy atom. The van der Waals surface area contributed by atoms with Crippen LogP contribution in [0.2, 0.25) is 5.02 Å². The lowest BCUT2D eigenvalue weighted by Gasteiger charge is -2.22. The molecule has 2 aromatic carbocycles. The van der Waals surface area contributed by atoms with E-state index in [1.165, 1.54) is 26.0 Å². The summed E-state index contributed by atoms with van der Waals surface area (Å²) >= 11 is 6.16. The second-order valence-electron chi connectivity index (χ2n) is 5.48. The summed E-state index contributed by atoms with van der Waals surface area (Å²) in [6.07, 6.45) is 0. The Hall–Kier alpha value is -2.73. The predicted molar refractivity (Wildman–Crippen MR) is 101 cm³/mol. The van der Waals surface area contributed by atoms with Crippen molar-refractivity contribution in [3.05, 3.63) is 53.1 Å². The number of amides is 2. The van der Waals surface area contributed by atoms with Crippen LogP contribution in [0.1, 0.15) is 17.3 Å². The number of carbonyl (C=O) groups excluding carboxylic acids is 2. The van der Waals surface area contributed by atoms with Gasteiger partial charge in [0.2, 0.25) is 5.91 Å². The number of nitrogens with zero attached hydrogens (tertiary/aromatic N) is 1. The number of anilines is 1. The summed E-state index contributed by atoms with van der Waals surface area (Å²) in [6, 6.07) is 12.0. The van der Waals surface area contributed by atoms with E-state index in [1.54, 1.807) is 42.5 Å². The number of hydrogen-bond donors (Lipinski definition) is 1. The topological polar surface area (TPSA) is 67.9 Å². The fraction of sp³-hybridized carbons (Fsp3) is 0.263. The highest BCUT2D eigenvalue weighted by atomic mass is 35.5. The third-order valence-corrected chi connectivity index (χ3v) is 4.08. The van der Waals surface area contributed by atoms with E-state index in [-0.39, 0.29) is 18.4 Å². The summed E-state index contributed by atoms with van der Waals surface area (Å²) in [5.41, 5.74) is 1.02. The van der Waals surface area contributed by atoms with Crippen molar-refractivity contribution in [3.8, 4) is 11.5 Å². The molecule has 138 valence electrons. The maximum atomic E-state index is 12.4. The summed E-state index contributed by atoms with van der Waals surface area (Å²) in [4.78, 5) is 25.8. The molecule has 0 saturated carbocycles. The Labute approximate surface area is 157 Å². The van der Waals surface area contributed by atoms with Crippen LogP contribution in [0.15, 0.2) is 42.5 Å². The highest BCUT2D eigenvalue weighted by molar-refractivity contribution is 6.33. The number of carbonyl (C=O) groups is 2. The van der Waals surface area contributed by atoms with Gasteiger partial charge in [-0.25, -0.2) is 0 Å². The molecule has 0 aromatic heterocycles. The summed E-state index contributed by atoms with van der Waals surface area (Å²) in [6.45, 7) is 2.02. The van der Waals surface area contributed by atoms with Gasteiger partial charge in [-0.1, -0.05) is 23.7 Å².